The van der Waals surface area contributed by atoms with Gasteiger partial charge < -0.3 is 4.57 Å². The largest absolute Gasteiger partial charge is 0.336 e. The van der Waals surface area contributed by atoms with Crippen molar-refractivity contribution in [2.75, 3.05) is 12.8 Å². The van der Waals surface area contributed by atoms with Gasteiger partial charge in [-0.2, -0.15) is 0 Å². The Hall–Kier alpha value is -0.480. The standard InChI is InChI=1S/C6H11N3S/c1-10-8-3-5-9-4-2-7-6-9/h2,4,6,8H,3,5H2,1H3. The lowest BCUT2D eigenvalue weighted by Crippen LogP contribution is -2.11. The van der Waals surface area contributed by atoms with E-state index in [0.29, 0.717) is 0 Å². The fourth-order valence-electron chi connectivity index (χ4n) is 0.696. The minimum Gasteiger partial charge on any atom is -0.336 e. The highest BCUT2D eigenvalue weighted by molar-refractivity contribution is 7.96. The van der Waals surface area contributed by atoms with Gasteiger partial charge in [-0.05, 0) is 6.26 Å². The molecule has 0 bridgehead atoms. The molecule has 0 aliphatic carbocycles. The van der Waals surface area contributed by atoms with Gasteiger partial charge in [0.15, 0.2) is 0 Å². The van der Waals surface area contributed by atoms with Crippen molar-refractivity contribution in [2.45, 2.75) is 6.54 Å². The lowest BCUT2D eigenvalue weighted by molar-refractivity contribution is 0.688. The molecule has 1 heterocycles. The van der Waals surface area contributed by atoms with E-state index in [4.69, 9.17) is 0 Å². The quantitative estimate of drug-likeness (QED) is 0.516. The van der Waals surface area contributed by atoms with E-state index in [9.17, 15) is 0 Å². The van der Waals surface area contributed by atoms with Crippen LogP contribution in [0.1, 0.15) is 0 Å². The number of rotatable bonds is 4. The molecule has 1 aromatic heterocycles. The SMILES string of the molecule is CSNCCn1ccnc1. The first-order chi connectivity index (χ1) is 4.93. The predicted octanol–water partition coefficient (Wildman–Crippen LogP) is 0.751. The lowest BCUT2D eigenvalue weighted by Gasteiger charge is -2.00. The second kappa shape index (κ2) is 4.35. The Labute approximate surface area is 65.0 Å². The molecule has 0 aliphatic rings. The molecule has 0 fully saturated rings. The van der Waals surface area contributed by atoms with Crippen molar-refractivity contribution in [1.82, 2.24) is 14.3 Å². The lowest BCUT2D eigenvalue weighted by atomic mass is 10.6. The molecular weight excluding hydrogens is 146 g/mol. The van der Waals surface area contributed by atoms with Crippen molar-refractivity contribution < 1.29 is 0 Å². The Balaban J connectivity index is 2.15. The van der Waals surface area contributed by atoms with Gasteiger partial charge >= 0.3 is 0 Å². The fraction of sp³-hybridized carbons (Fsp3) is 0.500. The van der Waals surface area contributed by atoms with Crippen LogP contribution in [0.3, 0.4) is 0 Å². The second-order valence-electron chi connectivity index (χ2n) is 1.90. The van der Waals surface area contributed by atoms with Crippen molar-refractivity contribution in [3.8, 4) is 0 Å². The minimum absolute atomic E-state index is 0.984. The average molecular weight is 157 g/mol. The highest BCUT2D eigenvalue weighted by atomic mass is 32.2. The molecule has 0 aromatic carbocycles. The first-order valence-electron chi connectivity index (χ1n) is 3.15. The third kappa shape index (κ3) is 2.41. The summed E-state index contributed by atoms with van der Waals surface area (Å²) < 4.78 is 5.20. The first kappa shape index (κ1) is 7.63. The molecule has 10 heavy (non-hydrogen) atoms. The molecule has 0 saturated carbocycles. The third-order valence-electron chi connectivity index (χ3n) is 1.18. The van der Waals surface area contributed by atoms with Gasteiger partial charge in [0, 0.05) is 25.5 Å². The molecule has 1 N–H and O–H groups in total. The zero-order chi connectivity index (χ0) is 7.23. The summed E-state index contributed by atoms with van der Waals surface area (Å²) >= 11 is 1.64. The first-order valence-corrected chi connectivity index (χ1v) is 4.37. The summed E-state index contributed by atoms with van der Waals surface area (Å²) in [4.78, 5) is 3.93. The predicted molar refractivity (Wildman–Crippen MR) is 43.7 cm³/mol. The molecule has 0 unspecified atom stereocenters. The zero-order valence-electron chi connectivity index (χ0n) is 5.95. The van der Waals surface area contributed by atoms with Crippen LogP contribution in [0.2, 0.25) is 0 Å². The van der Waals surface area contributed by atoms with Crippen LogP contribution in [0.4, 0.5) is 0 Å². The second-order valence-corrected chi connectivity index (χ2v) is 2.60. The zero-order valence-corrected chi connectivity index (χ0v) is 6.77. The maximum absolute atomic E-state index is 3.93. The van der Waals surface area contributed by atoms with Gasteiger partial charge in [0.05, 0.1) is 6.33 Å². The number of nitrogens with one attached hydrogen (secondary N) is 1. The van der Waals surface area contributed by atoms with Gasteiger partial charge in [0.1, 0.15) is 0 Å². The highest BCUT2D eigenvalue weighted by Gasteiger charge is 1.86. The van der Waals surface area contributed by atoms with Crippen LogP contribution in [0.5, 0.6) is 0 Å². The molecule has 0 atom stereocenters. The number of hydrogen-bond donors (Lipinski definition) is 1. The molecule has 1 rings (SSSR count). The van der Waals surface area contributed by atoms with Crippen molar-refractivity contribution in [2.24, 2.45) is 0 Å². The average Bonchev–Trinajstić information content (AvgIpc) is 2.41. The molecule has 4 heteroatoms. The van der Waals surface area contributed by atoms with Crippen LogP contribution in [0.15, 0.2) is 18.7 Å². The van der Waals surface area contributed by atoms with E-state index in [1.54, 1.807) is 18.1 Å². The topological polar surface area (TPSA) is 29.9 Å². The van der Waals surface area contributed by atoms with E-state index in [0.717, 1.165) is 13.1 Å². The van der Waals surface area contributed by atoms with Crippen molar-refractivity contribution in [3.05, 3.63) is 18.7 Å². The van der Waals surface area contributed by atoms with Crippen molar-refractivity contribution in [3.63, 3.8) is 0 Å². The van der Waals surface area contributed by atoms with Crippen LogP contribution in [-0.2, 0) is 6.54 Å². The van der Waals surface area contributed by atoms with Gasteiger partial charge in [-0.15, -0.1) is 0 Å². The molecule has 0 aliphatic heterocycles. The van der Waals surface area contributed by atoms with Crippen LogP contribution in [-0.4, -0.2) is 22.4 Å². The smallest absolute Gasteiger partial charge is 0.0946 e. The Kier molecular flexibility index (Phi) is 3.32. The Morgan fingerprint density at radius 2 is 2.60 bits per heavy atom. The monoisotopic (exact) mass is 157 g/mol. The molecule has 0 amide bonds. The van der Waals surface area contributed by atoms with Crippen LogP contribution in [0, 0.1) is 0 Å². The van der Waals surface area contributed by atoms with Crippen molar-refractivity contribution in [1.29, 1.82) is 0 Å². The maximum Gasteiger partial charge on any atom is 0.0946 e. The molecule has 56 valence electrons. The van der Waals surface area contributed by atoms with E-state index in [1.165, 1.54) is 0 Å². The van der Waals surface area contributed by atoms with Gasteiger partial charge in [-0.3, -0.25) is 4.72 Å². The summed E-state index contributed by atoms with van der Waals surface area (Å²) in [5.74, 6) is 0. The van der Waals surface area contributed by atoms with Gasteiger partial charge in [-0.25, -0.2) is 4.98 Å². The van der Waals surface area contributed by atoms with Gasteiger partial charge in [0.25, 0.3) is 0 Å². The fourth-order valence-corrected chi connectivity index (χ4v) is 0.991. The molecule has 3 nitrogen and oxygen atoms in total. The summed E-state index contributed by atoms with van der Waals surface area (Å²) in [7, 11) is 0. The van der Waals surface area contributed by atoms with Crippen LogP contribution >= 0.6 is 11.9 Å². The third-order valence-corrected chi connectivity index (χ3v) is 1.67. The molecule has 0 spiro atoms. The van der Waals surface area contributed by atoms with E-state index in [2.05, 4.69) is 9.71 Å². The van der Waals surface area contributed by atoms with Gasteiger partial charge in [-0.1, -0.05) is 11.9 Å². The number of nitrogens with zero attached hydrogens (tertiary/aromatic N) is 2. The summed E-state index contributed by atoms with van der Waals surface area (Å²) in [6, 6.07) is 0. The van der Waals surface area contributed by atoms with Gasteiger partial charge in [0.2, 0.25) is 0 Å². The highest BCUT2D eigenvalue weighted by Crippen LogP contribution is 1.86. The molecule has 1 aromatic rings. The molecule has 0 radical (unpaired) electrons. The van der Waals surface area contributed by atoms with Crippen LogP contribution in [0.25, 0.3) is 0 Å². The number of aromatic nitrogens is 2. The number of imidazole rings is 1. The molecule has 0 saturated heterocycles. The normalized spacial score (nSPS) is 10.1. The Morgan fingerprint density at radius 1 is 1.70 bits per heavy atom. The van der Waals surface area contributed by atoms with Crippen molar-refractivity contribution >= 4 is 11.9 Å². The van der Waals surface area contributed by atoms with Crippen LogP contribution < -0.4 is 4.72 Å². The van der Waals surface area contributed by atoms with E-state index >= 15 is 0 Å². The summed E-state index contributed by atoms with van der Waals surface area (Å²) in [5, 5.41) is 0. The summed E-state index contributed by atoms with van der Waals surface area (Å²) in [5.41, 5.74) is 0. The van der Waals surface area contributed by atoms with E-state index in [-0.39, 0.29) is 0 Å². The number of hydrogen-bond acceptors (Lipinski definition) is 3. The Bertz CT molecular complexity index is 162. The summed E-state index contributed by atoms with van der Waals surface area (Å²) in [6.45, 7) is 1.97. The van der Waals surface area contributed by atoms with E-state index < -0.39 is 0 Å². The molecular formula is C6H11N3S. The van der Waals surface area contributed by atoms with E-state index in [1.807, 2.05) is 23.3 Å². The summed E-state index contributed by atoms with van der Waals surface area (Å²) in [6.07, 6.45) is 7.59. The maximum atomic E-state index is 3.93. The Morgan fingerprint density at radius 3 is 3.20 bits per heavy atom. The minimum atomic E-state index is 0.984.